The van der Waals surface area contributed by atoms with Crippen LogP contribution >= 0.6 is 0 Å². The highest BCUT2D eigenvalue weighted by Crippen LogP contribution is 2.39. The van der Waals surface area contributed by atoms with E-state index < -0.39 is 5.66 Å². The summed E-state index contributed by atoms with van der Waals surface area (Å²) < 4.78 is 0. The number of anilines is 4. The molecular weight excluding hydrogens is 400 g/mol. The Kier molecular flexibility index (Phi) is 5.21. The smallest absolute Gasteiger partial charge is 0.229 e. The number of piperazine rings is 1. The fourth-order valence-electron chi connectivity index (χ4n) is 4.78. The van der Waals surface area contributed by atoms with Crippen LogP contribution in [0.25, 0.3) is 0 Å². The highest BCUT2D eigenvalue weighted by atomic mass is 15.6. The van der Waals surface area contributed by atoms with Crippen LogP contribution in [0.15, 0.2) is 48.7 Å². The molecule has 1 saturated heterocycles. The van der Waals surface area contributed by atoms with Gasteiger partial charge in [-0.15, -0.1) is 0 Å². The summed E-state index contributed by atoms with van der Waals surface area (Å²) in [5, 5.41) is 8.59. The molecule has 0 spiro atoms. The molecule has 32 heavy (non-hydrogen) atoms. The summed E-state index contributed by atoms with van der Waals surface area (Å²) in [6, 6.07) is 14.6. The van der Waals surface area contributed by atoms with Crippen molar-refractivity contribution in [3.63, 3.8) is 0 Å². The number of aromatic nitrogens is 2. The molecule has 8 heteroatoms. The number of hydrogen-bond acceptors (Lipinski definition) is 8. The first-order chi connectivity index (χ1) is 15.5. The van der Waals surface area contributed by atoms with Crippen molar-refractivity contribution in [3.05, 3.63) is 70.9 Å². The van der Waals surface area contributed by atoms with Crippen molar-refractivity contribution in [2.24, 2.45) is 5.73 Å². The topological polar surface area (TPSA) is 94.4 Å². The van der Waals surface area contributed by atoms with Crippen molar-refractivity contribution in [1.29, 1.82) is 0 Å². The third kappa shape index (κ3) is 3.56. The molecule has 5 N–H and O–H groups in total. The minimum absolute atomic E-state index is 0.540. The molecule has 8 nitrogen and oxygen atoms in total. The summed E-state index contributed by atoms with van der Waals surface area (Å²) in [5.74, 6) is 1.31. The van der Waals surface area contributed by atoms with Gasteiger partial charge in [0.25, 0.3) is 0 Å². The summed E-state index contributed by atoms with van der Waals surface area (Å²) in [5.41, 5.74) is 15.8. The second-order valence-electron chi connectivity index (χ2n) is 8.59. The zero-order chi connectivity index (χ0) is 22.3. The zero-order valence-electron chi connectivity index (χ0n) is 18.8. The first kappa shape index (κ1) is 20.7. The lowest BCUT2D eigenvalue weighted by Crippen LogP contribution is -2.52. The van der Waals surface area contributed by atoms with Crippen molar-refractivity contribution in [2.75, 3.05) is 48.5 Å². The number of hydrogen-bond donors (Lipinski definition) is 4. The number of nitrogens with one attached hydrogen (secondary N) is 3. The fraction of sp³-hybridized carbons (Fsp3) is 0.333. The maximum Gasteiger partial charge on any atom is 0.229 e. The molecule has 5 rings (SSSR count). The highest BCUT2D eigenvalue weighted by Gasteiger charge is 2.43. The molecule has 2 aliphatic heterocycles. The second-order valence-corrected chi connectivity index (χ2v) is 8.59. The van der Waals surface area contributed by atoms with Crippen molar-refractivity contribution in [3.8, 4) is 0 Å². The predicted molar refractivity (Wildman–Crippen MR) is 129 cm³/mol. The van der Waals surface area contributed by atoms with Crippen LogP contribution in [0.3, 0.4) is 0 Å². The summed E-state index contributed by atoms with van der Waals surface area (Å²) >= 11 is 0. The number of nitrogens with two attached hydrogens (primary N) is 1. The molecule has 1 aromatic heterocycles. The Morgan fingerprint density at radius 3 is 2.41 bits per heavy atom. The largest absolute Gasteiger partial charge is 0.369 e. The average molecular weight is 431 g/mol. The molecule has 0 bridgehead atoms. The van der Waals surface area contributed by atoms with Crippen LogP contribution < -0.4 is 31.7 Å². The lowest BCUT2D eigenvalue weighted by molar-refractivity contribution is 0.442. The van der Waals surface area contributed by atoms with Crippen LogP contribution in [-0.2, 0) is 5.66 Å². The Morgan fingerprint density at radius 1 is 1.03 bits per heavy atom. The van der Waals surface area contributed by atoms with E-state index in [-0.39, 0.29) is 0 Å². The lowest BCUT2D eigenvalue weighted by Gasteiger charge is -2.29. The van der Waals surface area contributed by atoms with Crippen LogP contribution in [0.1, 0.15) is 22.3 Å². The first-order valence-electron chi connectivity index (χ1n) is 11.0. The van der Waals surface area contributed by atoms with Crippen molar-refractivity contribution < 1.29 is 0 Å². The van der Waals surface area contributed by atoms with E-state index in [1.54, 1.807) is 0 Å². The van der Waals surface area contributed by atoms with E-state index in [9.17, 15) is 0 Å². The summed E-state index contributed by atoms with van der Waals surface area (Å²) in [6.45, 7) is 8.27. The molecular formula is C24H30N8. The Labute approximate surface area is 188 Å². The van der Waals surface area contributed by atoms with Gasteiger partial charge in [-0.1, -0.05) is 18.2 Å². The fourth-order valence-corrected chi connectivity index (χ4v) is 4.78. The van der Waals surface area contributed by atoms with Crippen LogP contribution in [0.5, 0.6) is 0 Å². The van der Waals surface area contributed by atoms with Crippen LogP contribution in [0.4, 0.5) is 23.1 Å². The maximum absolute atomic E-state index is 6.91. The standard InChI is InChI=1S/C24H30N8/c1-16-5-4-6-17(2)21(16)24(25)20-15-27-23(29-22(20)31(3)30-24)28-18-7-9-19(10-8-18)32-13-11-26-12-14-32/h4-10,15,26,30H,11-14,25H2,1-3H3,(H,27,28,29). The van der Waals surface area contributed by atoms with Crippen LogP contribution in [0.2, 0.25) is 0 Å². The van der Waals surface area contributed by atoms with Crippen LogP contribution in [-0.4, -0.2) is 43.2 Å². The van der Waals surface area contributed by atoms with Gasteiger partial charge in [0.15, 0.2) is 5.82 Å². The Hall–Kier alpha value is -3.20. The summed E-state index contributed by atoms with van der Waals surface area (Å²) in [7, 11) is 1.93. The molecule has 0 saturated carbocycles. The Bertz CT molecular complexity index is 1100. The van der Waals surface area contributed by atoms with E-state index >= 15 is 0 Å². The third-order valence-electron chi connectivity index (χ3n) is 6.34. The summed E-state index contributed by atoms with van der Waals surface area (Å²) in [4.78, 5) is 11.7. The SMILES string of the molecule is Cc1cccc(C)c1C1(N)NN(C)c2nc(Nc3ccc(N4CCNCC4)cc3)ncc21. The van der Waals surface area contributed by atoms with E-state index in [2.05, 4.69) is 76.2 Å². The molecule has 3 heterocycles. The maximum atomic E-state index is 6.91. The lowest BCUT2D eigenvalue weighted by atomic mass is 9.88. The van der Waals surface area contributed by atoms with Crippen molar-refractivity contribution in [2.45, 2.75) is 19.5 Å². The van der Waals surface area contributed by atoms with E-state index in [0.717, 1.165) is 59.9 Å². The monoisotopic (exact) mass is 430 g/mol. The second kappa shape index (κ2) is 8.05. The van der Waals surface area contributed by atoms with Gasteiger partial charge in [0, 0.05) is 50.8 Å². The van der Waals surface area contributed by atoms with E-state index in [1.807, 2.05) is 24.3 Å². The molecule has 1 fully saturated rings. The number of aryl methyl sites for hydroxylation is 2. The molecule has 0 radical (unpaired) electrons. The van der Waals surface area contributed by atoms with Crippen molar-refractivity contribution >= 4 is 23.1 Å². The van der Waals surface area contributed by atoms with E-state index in [4.69, 9.17) is 10.7 Å². The predicted octanol–water partition coefficient (Wildman–Crippen LogP) is 2.36. The molecule has 1 unspecified atom stereocenters. The number of hydrazine groups is 1. The van der Waals surface area contributed by atoms with Gasteiger partial charge in [-0.2, -0.15) is 4.98 Å². The molecule has 0 aliphatic carbocycles. The number of rotatable bonds is 4. The number of nitrogens with zero attached hydrogens (tertiary/aromatic N) is 4. The molecule has 2 aliphatic rings. The molecule has 3 aromatic rings. The quantitative estimate of drug-likeness (QED) is 0.501. The minimum Gasteiger partial charge on any atom is -0.369 e. The molecule has 0 amide bonds. The Morgan fingerprint density at radius 2 is 1.72 bits per heavy atom. The van der Waals surface area contributed by atoms with Gasteiger partial charge in [0.05, 0.1) is 5.56 Å². The van der Waals surface area contributed by atoms with Gasteiger partial charge >= 0.3 is 0 Å². The van der Waals surface area contributed by atoms with Gasteiger partial charge in [0.2, 0.25) is 5.95 Å². The average Bonchev–Trinajstić information content (AvgIpc) is 3.05. The zero-order valence-corrected chi connectivity index (χ0v) is 18.8. The van der Waals surface area contributed by atoms with E-state index in [1.165, 1.54) is 5.69 Å². The Balaban J connectivity index is 1.40. The van der Waals surface area contributed by atoms with E-state index in [0.29, 0.717) is 5.95 Å². The third-order valence-corrected chi connectivity index (χ3v) is 6.34. The van der Waals surface area contributed by atoms with Crippen molar-refractivity contribution in [1.82, 2.24) is 20.7 Å². The summed E-state index contributed by atoms with van der Waals surface area (Å²) in [6.07, 6.45) is 1.82. The first-order valence-corrected chi connectivity index (χ1v) is 11.0. The molecule has 2 aromatic carbocycles. The van der Waals surface area contributed by atoms with Gasteiger partial charge in [-0.25, -0.2) is 10.4 Å². The minimum atomic E-state index is -0.872. The van der Waals surface area contributed by atoms with Gasteiger partial charge in [-0.05, 0) is 54.8 Å². The molecule has 166 valence electrons. The van der Waals surface area contributed by atoms with Crippen LogP contribution in [0, 0.1) is 13.8 Å². The molecule has 1 atom stereocenters. The highest BCUT2D eigenvalue weighted by molar-refractivity contribution is 5.64. The van der Waals surface area contributed by atoms with Gasteiger partial charge in [0.1, 0.15) is 5.66 Å². The van der Waals surface area contributed by atoms with Gasteiger partial charge in [-0.3, -0.25) is 5.01 Å². The van der Waals surface area contributed by atoms with Gasteiger partial charge < -0.3 is 21.3 Å². The number of benzene rings is 2. The normalized spacial score (nSPS) is 20.4. The number of fused-ring (bicyclic) bond motifs is 1.